The number of aryl methyl sites for hydroxylation is 2. The number of benzene rings is 1. The zero-order valence-corrected chi connectivity index (χ0v) is 13.7. The van der Waals surface area contributed by atoms with Crippen molar-refractivity contribution >= 4 is 16.9 Å². The summed E-state index contributed by atoms with van der Waals surface area (Å²) < 4.78 is 1.78. The van der Waals surface area contributed by atoms with Gasteiger partial charge < -0.3 is 5.32 Å². The van der Waals surface area contributed by atoms with E-state index in [0.29, 0.717) is 0 Å². The molecule has 23 heavy (non-hydrogen) atoms. The lowest BCUT2D eigenvalue weighted by Gasteiger charge is -2.40. The van der Waals surface area contributed by atoms with Crippen LogP contribution in [0, 0.1) is 5.41 Å². The second-order valence-electron chi connectivity index (χ2n) is 6.99. The van der Waals surface area contributed by atoms with E-state index >= 15 is 0 Å². The van der Waals surface area contributed by atoms with Crippen molar-refractivity contribution in [3.8, 4) is 0 Å². The lowest BCUT2D eigenvalue weighted by atomic mass is 9.70. The number of anilines is 1. The van der Waals surface area contributed by atoms with Crippen molar-refractivity contribution in [3.63, 3.8) is 0 Å². The first-order valence-corrected chi connectivity index (χ1v) is 8.03. The number of nitrogens with zero attached hydrogens (tertiary/aromatic N) is 4. The van der Waals surface area contributed by atoms with Gasteiger partial charge >= 0.3 is 0 Å². The van der Waals surface area contributed by atoms with Crippen molar-refractivity contribution in [3.05, 3.63) is 47.9 Å². The van der Waals surface area contributed by atoms with Gasteiger partial charge in [-0.15, -0.1) is 0 Å². The van der Waals surface area contributed by atoms with Crippen LogP contribution in [0.25, 0.3) is 11.0 Å². The Balaban J connectivity index is 1.80. The van der Waals surface area contributed by atoms with Gasteiger partial charge in [-0.05, 0) is 29.4 Å². The van der Waals surface area contributed by atoms with Gasteiger partial charge in [-0.3, -0.25) is 4.68 Å². The Morgan fingerprint density at radius 3 is 2.91 bits per heavy atom. The summed E-state index contributed by atoms with van der Waals surface area (Å²) in [4.78, 5) is 8.80. The highest BCUT2D eigenvalue weighted by atomic mass is 15.3. The Labute approximate surface area is 135 Å². The van der Waals surface area contributed by atoms with Gasteiger partial charge in [0.1, 0.15) is 12.1 Å². The Kier molecular flexibility index (Phi) is 3.11. The molecule has 2 heterocycles. The van der Waals surface area contributed by atoms with E-state index in [1.807, 2.05) is 13.2 Å². The molecule has 5 nitrogen and oxygen atoms in total. The molecule has 1 atom stereocenters. The molecule has 0 saturated carbocycles. The predicted octanol–water partition coefficient (Wildman–Crippen LogP) is 3.49. The molecule has 1 aromatic carbocycles. The van der Waals surface area contributed by atoms with Gasteiger partial charge in [0, 0.05) is 7.05 Å². The summed E-state index contributed by atoms with van der Waals surface area (Å²) in [7, 11) is 1.90. The number of rotatable bonds is 2. The van der Waals surface area contributed by atoms with Crippen LogP contribution in [-0.4, -0.2) is 19.7 Å². The molecular weight excluding hydrogens is 286 g/mol. The molecule has 1 aliphatic rings. The topological polar surface area (TPSA) is 55.6 Å². The van der Waals surface area contributed by atoms with Crippen LogP contribution < -0.4 is 5.32 Å². The number of hydrogen-bond acceptors (Lipinski definition) is 4. The van der Waals surface area contributed by atoms with Crippen molar-refractivity contribution in [2.24, 2.45) is 12.5 Å². The molecule has 118 valence electrons. The lowest BCUT2D eigenvalue weighted by molar-refractivity contribution is 0.265. The van der Waals surface area contributed by atoms with E-state index in [9.17, 15) is 0 Å². The van der Waals surface area contributed by atoms with E-state index in [4.69, 9.17) is 0 Å². The molecule has 1 aliphatic carbocycles. The third-order valence-corrected chi connectivity index (χ3v) is 5.00. The van der Waals surface area contributed by atoms with E-state index in [1.165, 1.54) is 11.1 Å². The Morgan fingerprint density at radius 1 is 1.22 bits per heavy atom. The van der Waals surface area contributed by atoms with Gasteiger partial charge in [-0.1, -0.05) is 38.1 Å². The standard InChI is InChI=1S/C18H21N5/c1-18(2)9-8-12-6-4-5-7-13(12)15(18)22-16-14-10-21-23(3)17(14)20-11-19-16/h4-7,10-11,15H,8-9H2,1-3H3,(H,19,20,22)/t15-/m0/s1. The van der Waals surface area contributed by atoms with Crippen LogP contribution in [0.4, 0.5) is 5.82 Å². The zero-order chi connectivity index (χ0) is 16.0. The second kappa shape index (κ2) is 5.05. The first kappa shape index (κ1) is 14.2. The lowest BCUT2D eigenvalue weighted by Crippen LogP contribution is -2.33. The molecule has 0 fully saturated rings. The fourth-order valence-corrected chi connectivity index (χ4v) is 3.55. The molecule has 5 heteroatoms. The van der Waals surface area contributed by atoms with Gasteiger partial charge in [-0.2, -0.15) is 5.10 Å². The molecule has 0 radical (unpaired) electrons. The van der Waals surface area contributed by atoms with E-state index in [1.54, 1.807) is 11.0 Å². The highest BCUT2D eigenvalue weighted by molar-refractivity contribution is 5.86. The quantitative estimate of drug-likeness (QED) is 0.787. The summed E-state index contributed by atoms with van der Waals surface area (Å²) in [6.07, 6.45) is 5.73. The summed E-state index contributed by atoms with van der Waals surface area (Å²) in [5.41, 5.74) is 3.82. The van der Waals surface area contributed by atoms with Crippen LogP contribution in [0.15, 0.2) is 36.8 Å². The minimum atomic E-state index is 0.161. The largest absolute Gasteiger partial charge is 0.362 e. The predicted molar refractivity (Wildman–Crippen MR) is 91.2 cm³/mol. The molecule has 0 amide bonds. The third-order valence-electron chi connectivity index (χ3n) is 5.00. The smallest absolute Gasteiger partial charge is 0.163 e. The molecule has 2 aromatic heterocycles. The van der Waals surface area contributed by atoms with E-state index in [2.05, 4.69) is 58.5 Å². The first-order chi connectivity index (χ1) is 11.1. The maximum Gasteiger partial charge on any atom is 0.163 e. The SMILES string of the molecule is Cn1ncc2c(N[C@H]3c4ccccc4CCC3(C)C)ncnc21. The average molecular weight is 307 g/mol. The monoisotopic (exact) mass is 307 g/mol. The second-order valence-corrected chi connectivity index (χ2v) is 6.99. The Bertz CT molecular complexity index is 865. The molecule has 0 saturated heterocycles. The molecule has 0 spiro atoms. The number of nitrogens with one attached hydrogen (secondary N) is 1. The van der Waals surface area contributed by atoms with Crippen LogP contribution in [0.5, 0.6) is 0 Å². The fourth-order valence-electron chi connectivity index (χ4n) is 3.55. The summed E-state index contributed by atoms with van der Waals surface area (Å²) >= 11 is 0. The number of fused-ring (bicyclic) bond motifs is 2. The Morgan fingerprint density at radius 2 is 2.04 bits per heavy atom. The molecule has 0 bridgehead atoms. The van der Waals surface area contributed by atoms with Crippen molar-refractivity contribution in [2.75, 3.05) is 5.32 Å². The highest BCUT2D eigenvalue weighted by Crippen LogP contribution is 2.45. The fraction of sp³-hybridized carbons (Fsp3) is 0.389. The third kappa shape index (κ3) is 2.27. The zero-order valence-electron chi connectivity index (χ0n) is 13.7. The van der Waals surface area contributed by atoms with Crippen molar-refractivity contribution in [1.29, 1.82) is 0 Å². The minimum Gasteiger partial charge on any atom is -0.362 e. The van der Waals surface area contributed by atoms with Gasteiger partial charge in [0.2, 0.25) is 0 Å². The van der Waals surface area contributed by atoms with Crippen LogP contribution in [0.3, 0.4) is 0 Å². The maximum atomic E-state index is 4.48. The molecule has 0 unspecified atom stereocenters. The molecular formula is C18H21N5. The first-order valence-electron chi connectivity index (χ1n) is 8.03. The molecule has 1 N–H and O–H groups in total. The molecule has 0 aliphatic heterocycles. The van der Waals surface area contributed by atoms with Crippen molar-refractivity contribution in [1.82, 2.24) is 19.7 Å². The van der Waals surface area contributed by atoms with Gasteiger partial charge in [0.25, 0.3) is 0 Å². The summed E-state index contributed by atoms with van der Waals surface area (Å²) in [5.74, 6) is 0.859. The van der Waals surface area contributed by atoms with Crippen molar-refractivity contribution in [2.45, 2.75) is 32.7 Å². The van der Waals surface area contributed by atoms with Crippen molar-refractivity contribution < 1.29 is 0 Å². The summed E-state index contributed by atoms with van der Waals surface area (Å²) in [6.45, 7) is 4.64. The highest BCUT2D eigenvalue weighted by Gasteiger charge is 2.36. The van der Waals surface area contributed by atoms with Gasteiger partial charge in [-0.25, -0.2) is 9.97 Å². The maximum absolute atomic E-state index is 4.48. The summed E-state index contributed by atoms with van der Waals surface area (Å²) in [6, 6.07) is 8.94. The number of hydrogen-bond donors (Lipinski definition) is 1. The Hall–Kier alpha value is -2.43. The number of aromatic nitrogens is 4. The van der Waals surface area contributed by atoms with Gasteiger partial charge in [0.15, 0.2) is 5.65 Å². The van der Waals surface area contributed by atoms with E-state index in [0.717, 1.165) is 29.7 Å². The normalized spacial score (nSPS) is 19.5. The van der Waals surface area contributed by atoms with Crippen LogP contribution in [0.1, 0.15) is 37.4 Å². The minimum absolute atomic E-state index is 0.161. The van der Waals surface area contributed by atoms with Gasteiger partial charge in [0.05, 0.1) is 17.6 Å². The summed E-state index contributed by atoms with van der Waals surface area (Å²) in [5, 5.41) is 8.95. The van der Waals surface area contributed by atoms with Crippen LogP contribution in [0.2, 0.25) is 0 Å². The van der Waals surface area contributed by atoms with E-state index in [-0.39, 0.29) is 11.5 Å². The molecule has 4 rings (SSSR count). The average Bonchev–Trinajstić information content (AvgIpc) is 2.93. The van der Waals surface area contributed by atoms with Crippen LogP contribution >= 0.6 is 0 Å². The molecule has 3 aromatic rings. The van der Waals surface area contributed by atoms with Crippen LogP contribution in [-0.2, 0) is 13.5 Å². The van der Waals surface area contributed by atoms with E-state index < -0.39 is 0 Å².